The number of aromatic nitrogens is 4. The number of nitrogen functional groups attached to an aromatic ring is 1. The van der Waals surface area contributed by atoms with Crippen LogP contribution in [-0.2, 0) is 20.6 Å². The van der Waals surface area contributed by atoms with Gasteiger partial charge in [0.1, 0.15) is 6.73 Å². The van der Waals surface area contributed by atoms with Gasteiger partial charge in [-0.3, -0.25) is 18.9 Å². The summed E-state index contributed by atoms with van der Waals surface area (Å²) in [4.78, 5) is 31.4. The Morgan fingerprint density at radius 3 is 2.96 bits per heavy atom. The predicted molar refractivity (Wildman–Crippen MR) is 90.1 cm³/mol. The van der Waals surface area contributed by atoms with Crippen molar-refractivity contribution < 1.29 is 23.8 Å². The van der Waals surface area contributed by atoms with Gasteiger partial charge < -0.3 is 25.0 Å². The first kappa shape index (κ1) is 19.5. The maximum atomic E-state index is 11.7. The van der Waals surface area contributed by atoms with E-state index in [1.165, 1.54) is 10.9 Å². The second-order valence-corrected chi connectivity index (χ2v) is 7.37. The lowest BCUT2D eigenvalue weighted by atomic mass is 10.2. The molecule has 2 atom stereocenters. The number of hydrogen-bond donors (Lipinski definition) is 4. The summed E-state index contributed by atoms with van der Waals surface area (Å²) in [7, 11) is -3.63. The number of nitrogens with two attached hydrogens (primary N) is 1. The third-order valence-electron chi connectivity index (χ3n) is 3.39. The van der Waals surface area contributed by atoms with E-state index in [0.29, 0.717) is 5.65 Å². The first-order valence-corrected chi connectivity index (χ1v) is 9.51. The van der Waals surface area contributed by atoms with E-state index < -0.39 is 19.3 Å². The van der Waals surface area contributed by atoms with Crippen molar-refractivity contribution in [1.29, 1.82) is 0 Å². The molecule has 0 aromatic carbocycles. The van der Waals surface area contributed by atoms with E-state index >= 15 is 0 Å². The molecule has 140 valence electrons. The van der Waals surface area contributed by atoms with Crippen LogP contribution in [0.1, 0.15) is 19.8 Å². The van der Waals surface area contributed by atoms with Crippen LogP contribution in [0, 0.1) is 0 Å². The van der Waals surface area contributed by atoms with E-state index in [0.717, 1.165) is 0 Å². The van der Waals surface area contributed by atoms with Crippen molar-refractivity contribution in [3.8, 4) is 0 Å². The normalized spacial score (nSPS) is 15.3. The molecule has 0 fully saturated rings. The third kappa shape index (κ3) is 5.62. The molecule has 0 saturated heterocycles. The van der Waals surface area contributed by atoms with Gasteiger partial charge in [0.05, 0.1) is 31.8 Å². The Bertz CT molecular complexity index is 806. The summed E-state index contributed by atoms with van der Waals surface area (Å²) in [5.74, 6) is -0.0163. The van der Waals surface area contributed by atoms with Crippen LogP contribution in [-0.4, -0.2) is 55.0 Å². The number of aliphatic hydroxyl groups is 1. The maximum Gasteiger partial charge on any atom is 0.328 e. The highest BCUT2D eigenvalue weighted by Gasteiger charge is 2.20. The number of ether oxygens (including phenoxy) is 1. The van der Waals surface area contributed by atoms with E-state index in [2.05, 4.69) is 15.0 Å². The molecule has 0 aliphatic carbocycles. The zero-order chi connectivity index (χ0) is 18.4. The van der Waals surface area contributed by atoms with Crippen LogP contribution in [0.2, 0.25) is 0 Å². The van der Waals surface area contributed by atoms with E-state index in [1.54, 1.807) is 6.92 Å². The van der Waals surface area contributed by atoms with Gasteiger partial charge in [0.25, 0.3) is 5.56 Å². The molecule has 25 heavy (non-hydrogen) atoms. The minimum absolute atomic E-state index is 0.0163. The van der Waals surface area contributed by atoms with Crippen LogP contribution in [0.25, 0.3) is 11.2 Å². The van der Waals surface area contributed by atoms with Gasteiger partial charge in [0.15, 0.2) is 11.2 Å². The molecule has 0 aliphatic rings. The number of H-pyrrole nitrogens is 1. The predicted octanol–water partition coefficient (Wildman–Crippen LogP) is 0.0389. The van der Waals surface area contributed by atoms with Crippen molar-refractivity contribution in [2.45, 2.75) is 32.6 Å². The van der Waals surface area contributed by atoms with Crippen LogP contribution in [0.5, 0.6) is 0 Å². The average Bonchev–Trinajstić information content (AvgIpc) is 2.93. The number of aromatic amines is 1. The molecular weight excluding hydrogens is 353 g/mol. The van der Waals surface area contributed by atoms with Crippen LogP contribution < -0.4 is 11.3 Å². The second-order valence-electron chi connectivity index (χ2n) is 5.39. The zero-order valence-electron chi connectivity index (χ0n) is 13.8. The number of fused-ring (bicyclic) bond motifs is 1. The second kappa shape index (κ2) is 8.54. The molecule has 0 radical (unpaired) electrons. The molecular formula is C13H22N5O6P. The van der Waals surface area contributed by atoms with Gasteiger partial charge in [-0.1, -0.05) is 0 Å². The number of anilines is 1. The Labute approximate surface area is 143 Å². The topological polar surface area (TPSA) is 166 Å². The summed E-state index contributed by atoms with van der Waals surface area (Å²) in [5, 5.41) is 9.82. The first-order valence-electron chi connectivity index (χ1n) is 7.75. The van der Waals surface area contributed by atoms with Crippen LogP contribution in [0.15, 0.2) is 11.1 Å². The molecule has 0 aliphatic heterocycles. The SMILES string of the molecule is CCOP(=O)(O)CCC(O)CCOCn1cnc2c(=O)[nH]c(N)nc21. The standard InChI is InChI=1S/C13H22N5O6P/c1-2-24-25(21,22)6-4-9(19)3-5-23-8-18-7-15-10-11(18)16-13(14)17-12(10)20/h7,9,19H,2-6,8H2,1H3,(H,21,22)(H3,14,16,17,20). The van der Waals surface area contributed by atoms with Crippen LogP contribution >= 0.6 is 7.60 Å². The molecule has 0 spiro atoms. The van der Waals surface area contributed by atoms with Crippen molar-refractivity contribution in [2.24, 2.45) is 0 Å². The largest absolute Gasteiger partial charge is 0.393 e. The van der Waals surface area contributed by atoms with E-state index in [-0.39, 0.29) is 50.4 Å². The quantitative estimate of drug-likeness (QED) is 0.331. The Hall–Kier alpha value is -1.78. The Kier molecular flexibility index (Phi) is 6.68. The highest BCUT2D eigenvalue weighted by molar-refractivity contribution is 7.52. The fourth-order valence-electron chi connectivity index (χ4n) is 2.17. The molecule has 0 bridgehead atoms. The summed E-state index contributed by atoms with van der Waals surface area (Å²) in [5.41, 5.74) is 5.54. The third-order valence-corrected chi connectivity index (χ3v) is 4.88. The molecule has 2 heterocycles. The monoisotopic (exact) mass is 375 g/mol. The lowest BCUT2D eigenvalue weighted by Crippen LogP contribution is -2.15. The Balaban J connectivity index is 1.78. The minimum Gasteiger partial charge on any atom is -0.393 e. The van der Waals surface area contributed by atoms with E-state index in [1.807, 2.05) is 0 Å². The summed E-state index contributed by atoms with van der Waals surface area (Å²) >= 11 is 0. The highest BCUT2D eigenvalue weighted by atomic mass is 31.2. The Morgan fingerprint density at radius 1 is 1.48 bits per heavy atom. The molecule has 0 saturated carbocycles. The number of nitrogens with zero attached hydrogens (tertiary/aromatic N) is 3. The van der Waals surface area contributed by atoms with Gasteiger partial charge in [-0.25, -0.2) is 4.98 Å². The first-order chi connectivity index (χ1) is 11.8. The van der Waals surface area contributed by atoms with Gasteiger partial charge >= 0.3 is 7.60 Å². The number of nitrogens with one attached hydrogen (secondary N) is 1. The summed E-state index contributed by atoms with van der Waals surface area (Å²) < 4.78 is 23.2. The fraction of sp³-hybridized carbons (Fsp3) is 0.615. The minimum atomic E-state index is -3.63. The Morgan fingerprint density at radius 2 is 2.24 bits per heavy atom. The van der Waals surface area contributed by atoms with Crippen LogP contribution in [0.4, 0.5) is 5.95 Å². The molecule has 12 heteroatoms. The van der Waals surface area contributed by atoms with Crippen LogP contribution in [0.3, 0.4) is 0 Å². The van der Waals surface area contributed by atoms with Gasteiger partial charge in [0, 0.05) is 0 Å². The number of rotatable bonds is 10. The smallest absolute Gasteiger partial charge is 0.328 e. The molecule has 0 amide bonds. The summed E-state index contributed by atoms with van der Waals surface area (Å²) in [6.07, 6.45) is 0.942. The lowest BCUT2D eigenvalue weighted by Gasteiger charge is -2.14. The lowest BCUT2D eigenvalue weighted by molar-refractivity contribution is 0.0460. The molecule has 2 aromatic rings. The van der Waals surface area contributed by atoms with Gasteiger partial charge in [-0.05, 0) is 19.8 Å². The van der Waals surface area contributed by atoms with E-state index in [4.69, 9.17) is 15.0 Å². The van der Waals surface area contributed by atoms with E-state index in [9.17, 15) is 19.4 Å². The van der Waals surface area contributed by atoms with Crippen molar-refractivity contribution in [1.82, 2.24) is 19.5 Å². The van der Waals surface area contributed by atoms with Crippen molar-refractivity contribution in [2.75, 3.05) is 25.1 Å². The fourth-order valence-corrected chi connectivity index (χ4v) is 3.33. The number of aliphatic hydroxyl groups excluding tert-OH is 1. The van der Waals surface area contributed by atoms with Gasteiger partial charge in [-0.15, -0.1) is 0 Å². The molecule has 2 aromatic heterocycles. The van der Waals surface area contributed by atoms with Gasteiger partial charge in [-0.2, -0.15) is 4.98 Å². The maximum absolute atomic E-state index is 11.7. The van der Waals surface area contributed by atoms with Gasteiger partial charge in [0.2, 0.25) is 5.95 Å². The summed E-state index contributed by atoms with van der Waals surface area (Å²) in [6, 6.07) is 0. The highest BCUT2D eigenvalue weighted by Crippen LogP contribution is 2.42. The molecule has 5 N–H and O–H groups in total. The summed E-state index contributed by atoms with van der Waals surface area (Å²) in [6.45, 7) is 2.07. The van der Waals surface area contributed by atoms with Crippen molar-refractivity contribution in [3.63, 3.8) is 0 Å². The van der Waals surface area contributed by atoms with Crippen molar-refractivity contribution in [3.05, 3.63) is 16.7 Å². The zero-order valence-corrected chi connectivity index (χ0v) is 14.7. The molecule has 2 rings (SSSR count). The molecule has 11 nitrogen and oxygen atoms in total. The average molecular weight is 375 g/mol. The number of imidazole rings is 1. The van der Waals surface area contributed by atoms with Crippen molar-refractivity contribution >= 4 is 24.7 Å². The molecule has 2 unspecified atom stereocenters. The number of hydrogen-bond acceptors (Lipinski definition) is 8.